The summed E-state index contributed by atoms with van der Waals surface area (Å²) in [6, 6.07) is 9.42. The van der Waals surface area contributed by atoms with E-state index in [4.69, 9.17) is 4.52 Å². The summed E-state index contributed by atoms with van der Waals surface area (Å²) < 4.78 is 4.78. The summed E-state index contributed by atoms with van der Waals surface area (Å²) in [5.74, 6) is -0.317. The van der Waals surface area contributed by atoms with Gasteiger partial charge in [-0.1, -0.05) is 37.1 Å². The fourth-order valence-electron chi connectivity index (χ4n) is 3.21. The molecule has 0 saturated carbocycles. The van der Waals surface area contributed by atoms with Gasteiger partial charge in [-0.2, -0.15) is 0 Å². The van der Waals surface area contributed by atoms with Crippen molar-refractivity contribution in [3.05, 3.63) is 47.9 Å². The van der Waals surface area contributed by atoms with Crippen LogP contribution in [0.1, 0.15) is 42.2 Å². The van der Waals surface area contributed by atoms with Crippen molar-refractivity contribution in [1.82, 2.24) is 10.1 Å². The predicted molar refractivity (Wildman–Crippen MR) is 94.4 cm³/mol. The Balaban J connectivity index is 1.84. The Kier molecular flexibility index (Phi) is 5.16. The smallest absolute Gasteiger partial charge is 0.276 e. The van der Waals surface area contributed by atoms with E-state index in [0.717, 1.165) is 30.5 Å². The summed E-state index contributed by atoms with van der Waals surface area (Å²) in [7, 11) is 0. The first kappa shape index (κ1) is 17.2. The summed E-state index contributed by atoms with van der Waals surface area (Å²) in [4.78, 5) is 28.8. The molecule has 2 amide bonds. The van der Waals surface area contributed by atoms with Gasteiger partial charge in [0, 0.05) is 18.3 Å². The van der Waals surface area contributed by atoms with Gasteiger partial charge < -0.3 is 14.3 Å². The molecule has 25 heavy (non-hydrogen) atoms. The van der Waals surface area contributed by atoms with Crippen LogP contribution >= 0.6 is 0 Å². The lowest BCUT2D eigenvalue weighted by atomic mass is 10.0. The normalized spacial score (nSPS) is 17.8. The summed E-state index contributed by atoms with van der Waals surface area (Å²) in [5.41, 5.74) is 2.25. The standard InChI is InChI=1S/C19H23N3O3/c1-3-4-7-16-12-21(15-8-5-6-14(2)11-15)18(23)13-22(16)19(24)17-9-10-25-20-17/h5-6,8-11,16H,3-4,7,12-13H2,1-2H3/t16-/m0/s1. The van der Waals surface area contributed by atoms with Crippen molar-refractivity contribution in [2.45, 2.75) is 39.2 Å². The molecule has 0 aliphatic carbocycles. The molecule has 1 fully saturated rings. The second-order valence-corrected chi connectivity index (χ2v) is 6.46. The Hall–Kier alpha value is -2.63. The summed E-state index contributed by atoms with van der Waals surface area (Å²) in [5, 5.41) is 3.73. The van der Waals surface area contributed by atoms with Crippen LogP contribution in [0, 0.1) is 6.92 Å². The van der Waals surface area contributed by atoms with Crippen LogP contribution in [0.2, 0.25) is 0 Å². The number of nitrogens with zero attached hydrogens (tertiary/aromatic N) is 3. The van der Waals surface area contributed by atoms with Crippen LogP contribution in [-0.2, 0) is 4.79 Å². The zero-order valence-corrected chi connectivity index (χ0v) is 14.6. The van der Waals surface area contributed by atoms with Gasteiger partial charge >= 0.3 is 0 Å². The molecule has 0 N–H and O–H groups in total. The first-order valence-corrected chi connectivity index (χ1v) is 8.68. The molecule has 1 atom stereocenters. The number of anilines is 1. The molecule has 6 heteroatoms. The van der Waals surface area contributed by atoms with Crippen molar-refractivity contribution < 1.29 is 14.1 Å². The molecule has 0 spiro atoms. The molecule has 3 rings (SSSR count). The third kappa shape index (κ3) is 3.73. The van der Waals surface area contributed by atoms with Crippen LogP contribution in [0.25, 0.3) is 0 Å². The molecule has 2 aromatic rings. The number of aromatic nitrogens is 1. The fourth-order valence-corrected chi connectivity index (χ4v) is 3.21. The molecule has 132 valence electrons. The van der Waals surface area contributed by atoms with Gasteiger partial charge in [-0.15, -0.1) is 0 Å². The minimum Gasteiger partial charge on any atom is -0.364 e. The monoisotopic (exact) mass is 341 g/mol. The number of piperazine rings is 1. The van der Waals surface area contributed by atoms with Crippen LogP contribution in [-0.4, -0.2) is 41.0 Å². The lowest BCUT2D eigenvalue weighted by molar-refractivity contribution is -0.121. The lowest BCUT2D eigenvalue weighted by Crippen LogP contribution is -2.58. The maximum atomic E-state index is 12.7. The molecule has 1 aromatic heterocycles. The number of unbranched alkanes of at least 4 members (excludes halogenated alkanes) is 1. The van der Waals surface area contributed by atoms with E-state index in [9.17, 15) is 9.59 Å². The molecule has 1 saturated heterocycles. The van der Waals surface area contributed by atoms with Gasteiger partial charge in [-0.25, -0.2) is 0 Å². The second kappa shape index (κ2) is 7.51. The molecule has 0 radical (unpaired) electrons. The van der Waals surface area contributed by atoms with E-state index < -0.39 is 0 Å². The molecular weight excluding hydrogens is 318 g/mol. The average molecular weight is 341 g/mol. The zero-order valence-electron chi connectivity index (χ0n) is 14.6. The zero-order chi connectivity index (χ0) is 17.8. The Bertz CT molecular complexity index is 742. The number of rotatable bonds is 5. The summed E-state index contributed by atoms with van der Waals surface area (Å²) >= 11 is 0. The number of benzene rings is 1. The van der Waals surface area contributed by atoms with Gasteiger partial charge in [0.05, 0.1) is 6.04 Å². The molecule has 1 aliphatic rings. The highest BCUT2D eigenvalue weighted by molar-refractivity contribution is 6.01. The predicted octanol–water partition coefficient (Wildman–Crippen LogP) is 3.03. The van der Waals surface area contributed by atoms with Crippen LogP contribution in [0.5, 0.6) is 0 Å². The Labute approximate surface area is 147 Å². The van der Waals surface area contributed by atoms with Crippen molar-refractivity contribution in [3.63, 3.8) is 0 Å². The van der Waals surface area contributed by atoms with Gasteiger partial charge in [-0.05, 0) is 31.0 Å². The highest BCUT2D eigenvalue weighted by Crippen LogP contribution is 2.24. The number of carbonyl (C=O) groups excluding carboxylic acids is 2. The van der Waals surface area contributed by atoms with Crippen molar-refractivity contribution in [2.75, 3.05) is 18.0 Å². The van der Waals surface area contributed by atoms with Gasteiger partial charge in [0.2, 0.25) is 5.91 Å². The molecule has 1 aromatic carbocycles. The lowest BCUT2D eigenvalue weighted by Gasteiger charge is -2.41. The minimum atomic E-state index is -0.243. The summed E-state index contributed by atoms with van der Waals surface area (Å²) in [6.45, 7) is 4.70. The molecular formula is C19H23N3O3. The third-order valence-electron chi connectivity index (χ3n) is 4.56. The molecule has 0 unspecified atom stereocenters. The quantitative estimate of drug-likeness (QED) is 0.838. The topological polar surface area (TPSA) is 66.7 Å². The van der Waals surface area contributed by atoms with E-state index in [1.807, 2.05) is 31.2 Å². The van der Waals surface area contributed by atoms with E-state index in [1.165, 1.54) is 12.3 Å². The number of hydrogen-bond donors (Lipinski definition) is 0. The highest BCUT2D eigenvalue weighted by atomic mass is 16.5. The van der Waals surface area contributed by atoms with Crippen LogP contribution < -0.4 is 4.90 Å². The number of hydrogen-bond acceptors (Lipinski definition) is 4. The molecule has 0 bridgehead atoms. The van der Waals surface area contributed by atoms with Crippen LogP contribution in [0.3, 0.4) is 0 Å². The highest BCUT2D eigenvalue weighted by Gasteiger charge is 2.36. The van der Waals surface area contributed by atoms with E-state index in [1.54, 1.807) is 9.80 Å². The largest absolute Gasteiger partial charge is 0.364 e. The van der Waals surface area contributed by atoms with E-state index >= 15 is 0 Å². The fraction of sp³-hybridized carbons (Fsp3) is 0.421. The van der Waals surface area contributed by atoms with Gasteiger partial charge in [-0.3, -0.25) is 9.59 Å². The molecule has 1 aliphatic heterocycles. The Morgan fingerprint density at radius 3 is 2.88 bits per heavy atom. The Morgan fingerprint density at radius 2 is 2.20 bits per heavy atom. The average Bonchev–Trinajstić information content (AvgIpc) is 3.14. The van der Waals surface area contributed by atoms with Crippen LogP contribution in [0.4, 0.5) is 5.69 Å². The second-order valence-electron chi connectivity index (χ2n) is 6.46. The third-order valence-corrected chi connectivity index (χ3v) is 4.56. The van der Waals surface area contributed by atoms with E-state index in [2.05, 4.69) is 12.1 Å². The maximum absolute atomic E-state index is 12.7. The first-order valence-electron chi connectivity index (χ1n) is 8.68. The maximum Gasteiger partial charge on any atom is 0.276 e. The van der Waals surface area contributed by atoms with Crippen LogP contribution in [0.15, 0.2) is 41.1 Å². The first-order chi connectivity index (χ1) is 12.1. The minimum absolute atomic E-state index is 0.0256. The summed E-state index contributed by atoms with van der Waals surface area (Å²) in [6.07, 6.45) is 4.28. The van der Waals surface area contributed by atoms with E-state index in [0.29, 0.717) is 6.54 Å². The van der Waals surface area contributed by atoms with E-state index in [-0.39, 0.29) is 30.1 Å². The van der Waals surface area contributed by atoms with Crippen molar-refractivity contribution in [1.29, 1.82) is 0 Å². The van der Waals surface area contributed by atoms with Crippen molar-refractivity contribution >= 4 is 17.5 Å². The number of amides is 2. The number of aryl methyl sites for hydroxylation is 1. The SMILES string of the molecule is CCCC[C@H]1CN(c2cccc(C)c2)C(=O)CN1C(=O)c1ccon1. The molecule has 2 heterocycles. The van der Waals surface area contributed by atoms with Gasteiger partial charge in [0.15, 0.2) is 5.69 Å². The Morgan fingerprint density at radius 1 is 1.36 bits per heavy atom. The van der Waals surface area contributed by atoms with Crippen molar-refractivity contribution in [2.24, 2.45) is 0 Å². The number of carbonyl (C=O) groups is 2. The molecule has 6 nitrogen and oxygen atoms in total. The van der Waals surface area contributed by atoms with Gasteiger partial charge in [0.25, 0.3) is 5.91 Å². The van der Waals surface area contributed by atoms with Crippen molar-refractivity contribution in [3.8, 4) is 0 Å². The van der Waals surface area contributed by atoms with Gasteiger partial charge in [0.1, 0.15) is 12.8 Å².